The Morgan fingerprint density at radius 3 is 2.38 bits per heavy atom. The molecule has 6 rings (SSSR count). The number of likely N-dealkylation sites (tertiary alicyclic amines) is 2. The van der Waals surface area contributed by atoms with Crippen molar-refractivity contribution in [2.45, 2.75) is 6.18 Å². The first kappa shape index (κ1) is 23.2. The molecule has 1 N–H and O–H groups in total. The van der Waals surface area contributed by atoms with Crippen molar-refractivity contribution in [3.8, 4) is 5.75 Å². The number of halogens is 3. The summed E-state index contributed by atoms with van der Waals surface area (Å²) in [6, 6.07) is 13.1. The predicted molar refractivity (Wildman–Crippen MR) is 126 cm³/mol. The molecule has 0 aliphatic carbocycles. The zero-order chi connectivity index (χ0) is 25.7. The van der Waals surface area contributed by atoms with E-state index in [1.54, 1.807) is 52.3 Å². The van der Waals surface area contributed by atoms with Gasteiger partial charge in [-0.3, -0.25) is 14.7 Å². The van der Waals surface area contributed by atoms with Crippen LogP contribution in [0.15, 0.2) is 48.5 Å². The maximum absolute atomic E-state index is 13.3. The fraction of sp³-hybridized carbons (Fsp3) is 0.320. The van der Waals surface area contributed by atoms with Crippen LogP contribution in [0.25, 0.3) is 21.9 Å². The maximum Gasteiger partial charge on any atom is 0.422 e. The number of ether oxygens (including phenoxy) is 1. The second-order valence-electron chi connectivity index (χ2n) is 9.41. The van der Waals surface area contributed by atoms with E-state index in [1.165, 1.54) is 6.07 Å². The van der Waals surface area contributed by atoms with Gasteiger partial charge in [0.05, 0.1) is 11.0 Å². The lowest BCUT2D eigenvalue weighted by atomic mass is 10.0. The molecular formula is C25H21F3N6O3. The van der Waals surface area contributed by atoms with Gasteiger partial charge in [0.15, 0.2) is 6.61 Å². The smallest absolute Gasteiger partial charge is 0.422 e. The highest BCUT2D eigenvalue weighted by atomic mass is 19.4. The minimum absolute atomic E-state index is 0.0321. The van der Waals surface area contributed by atoms with Crippen molar-refractivity contribution < 1.29 is 27.5 Å². The van der Waals surface area contributed by atoms with E-state index in [1.807, 2.05) is 0 Å². The minimum Gasteiger partial charge on any atom is -0.483 e. The average Bonchev–Trinajstić information content (AvgIpc) is 3.60. The Bertz CT molecular complexity index is 1510. The van der Waals surface area contributed by atoms with Crippen LogP contribution in [0.3, 0.4) is 0 Å². The van der Waals surface area contributed by atoms with E-state index < -0.39 is 12.8 Å². The van der Waals surface area contributed by atoms with Crippen LogP contribution in [0.2, 0.25) is 0 Å². The zero-order valence-corrected chi connectivity index (χ0v) is 19.4. The normalized spacial score (nSPS) is 19.5. The highest BCUT2D eigenvalue weighted by Gasteiger charge is 2.43. The molecule has 0 bridgehead atoms. The number of hydrogen-bond donors (Lipinski definition) is 1. The summed E-state index contributed by atoms with van der Waals surface area (Å²) in [6.45, 7) is 0.423. The van der Waals surface area contributed by atoms with Gasteiger partial charge in [0, 0.05) is 55.0 Å². The Labute approximate surface area is 208 Å². The number of para-hydroxylation sites is 1. The first-order valence-electron chi connectivity index (χ1n) is 11.7. The lowest BCUT2D eigenvalue weighted by molar-refractivity contribution is -0.153. The molecule has 0 unspecified atom stereocenters. The van der Waals surface area contributed by atoms with Crippen molar-refractivity contribution in [3.63, 3.8) is 0 Å². The fourth-order valence-corrected chi connectivity index (χ4v) is 5.18. The minimum atomic E-state index is -4.51. The number of benzene rings is 2. The lowest BCUT2D eigenvalue weighted by Crippen LogP contribution is -2.36. The van der Waals surface area contributed by atoms with E-state index in [4.69, 9.17) is 4.74 Å². The highest BCUT2D eigenvalue weighted by Crippen LogP contribution is 2.34. The van der Waals surface area contributed by atoms with Crippen molar-refractivity contribution in [3.05, 3.63) is 59.8 Å². The summed E-state index contributed by atoms with van der Waals surface area (Å²) >= 11 is 0. The number of fused-ring (bicyclic) bond motifs is 3. The van der Waals surface area contributed by atoms with Gasteiger partial charge in [-0.1, -0.05) is 17.3 Å². The van der Waals surface area contributed by atoms with Crippen molar-refractivity contribution >= 4 is 33.8 Å². The van der Waals surface area contributed by atoms with Gasteiger partial charge in [0.1, 0.15) is 17.0 Å². The first-order chi connectivity index (χ1) is 17.7. The summed E-state index contributed by atoms with van der Waals surface area (Å²) in [7, 11) is 0. The Morgan fingerprint density at radius 1 is 0.946 bits per heavy atom. The fourth-order valence-electron chi connectivity index (χ4n) is 5.18. The van der Waals surface area contributed by atoms with Gasteiger partial charge < -0.3 is 14.5 Å². The van der Waals surface area contributed by atoms with Crippen molar-refractivity contribution in [1.29, 1.82) is 0 Å². The number of rotatable bonds is 4. The third-order valence-corrected chi connectivity index (χ3v) is 6.92. The molecule has 2 saturated heterocycles. The number of carbonyl (C=O) groups excluding carboxylic acids is 2. The summed E-state index contributed by atoms with van der Waals surface area (Å²) in [5, 5.41) is 10.9. The Morgan fingerprint density at radius 2 is 1.65 bits per heavy atom. The number of hydrogen-bond acceptors (Lipinski definition) is 6. The molecule has 4 heterocycles. The number of amides is 2. The topological polar surface area (TPSA) is 104 Å². The number of alkyl halides is 3. The molecule has 2 aliphatic heterocycles. The van der Waals surface area contributed by atoms with Gasteiger partial charge >= 0.3 is 6.18 Å². The summed E-state index contributed by atoms with van der Waals surface area (Å²) in [6.07, 6.45) is -4.51. The summed E-state index contributed by atoms with van der Waals surface area (Å²) in [4.78, 5) is 34.2. The van der Waals surface area contributed by atoms with Gasteiger partial charge in [0.25, 0.3) is 11.8 Å². The summed E-state index contributed by atoms with van der Waals surface area (Å²) < 4.78 is 43.4. The van der Waals surface area contributed by atoms with E-state index in [0.29, 0.717) is 48.2 Å². The molecule has 12 heteroatoms. The van der Waals surface area contributed by atoms with Crippen LogP contribution in [0.1, 0.15) is 20.8 Å². The molecular weight excluding hydrogens is 489 g/mol. The Hall–Kier alpha value is -4.22. The number of carbonyl (C=O) groups is 2. The largest absolute Gasteiger partial charge is 0.483 e. The molecule has 9 nitrogen and oxygen atoms in total. The van der Waals surface area contributed by atoms with E-state index >= 15 is 0 Å². The molecule has 0 spiro atoms. The first-order valence-corrected chi connectivity index (χ1v) is 11.7. The molecule has 0 radical (unpaired) electrons. The SMILES string of the molecule is O=C(c1ccc2[nH]nnc2c1)N1C[C@H]2CN(C(=O)c3cc(OCC(F)(F)F)c4ccccc4n3)C[C@@H]2C1. The molecule has 2 aromatic heterocycles. The number of H-pyrrole nitrogens is 1. The zero-order valence-electron chi connectivity index (χ0n) is 19.4. The Kier molecular flexibility index (Phi) is 5.46. The molecule has 190 valence electrons. The molecule has 2 amide bonds. The second kappa shape index (κ2) is 8.71. The third-order valence-electron chi connectivity index (χ3n) is 6.92. The van der Waals surface area contributed by atoms with Crippen LogP contribution in [0, 0.1) is 11.8 Å². The van der Waals surface area contributed by atoms with Gasteiger partial charge in [-0.25, -0.2) is 4.98 Å². The molecule has 2 aromatic carbocycles. The lowest BCUT2D eigenvalue weighted by Gasteiger charge is -2.22. The molecule has 4 aromatic rings. The highest BCUT2D eigenvalue weighted by molar-refractivity contribution is 5.98. The third kappa shape index (κ3) is 4.43. The van der Waals surface area contributed by atoms with Gasteiger partial charge in [-0.05, 0) is 30.3 Å². The summed E-state index contributed by atoms with van der Waals surface area (Å²) in [5.74, 6) is -0.298. The van der Waals surface area contributed by atoms with Crippen molar-refractivity contribution in [1.82, 2.24) is 30.2 Å². The van der Waals surface area contributed by atoms with Crippen LogP contribution in [-0.2, 0) is 0 Å². The van der Waals surface area contributed by atoms with Crippen LogP contribution >= 0.6 is 0 Å². The van der Waals surface area contributed by atoms with Crippen LogP contribution in [0.4, 0.5) is 13.2 Å². The van der Waals surface area contributed by atoms with E-state index in [2.05, 4.69) is 20.4 Å². The van der Waals surface area contributed by atoms with Gasteiger partial charge in [-0.2, -0.15) is 13.2 Å². The second-order valence-corrected chi connectivity index (χ2v) is 9.41. The van der Waals surface area contributed by atoms with Crippen molar-refractivity contribution in [2.75, 3.05) is 32.8 Å². The van der Waals surface area contributed by atoms with E-state index in [0.717, 1.165) is 5.52 Å². The number of nitrogens with one attached hydrogen (secondary N) is 1. The number of aromatic amines is 1. The van der Waals surface area contributed by atoms with Crippen LogP contribution in [0.5, 0.6) is 5.75 Å². The molecule has 2 atom stereocenters. The van der Waals surface area contributed by atoms with E-state index in [9.17, 15) is 22.8 Å². The average molecular weight is 510 g/mol. The molecule has 0 saturated carbocycles. The number of nitrogens with zero attached hydrogens (tertiary/aromatic N) is 5. The van der Waals surface area contributed by atoms with E-state index in [-0.39, 0.29) is 35.1 Å². The monoisotopic (exact) mass is 510 g/mol. The summed E-state index contributed by atoms with van der Waals surface area (Å²) in [5.41, 5.74) is 2.30. The predicted octanol–water partition coefficient (Wildman–Crippen LogP) is 3.29. The number of pyridine rings is 1. The number of aromatic nitrogens is 4. The van der Waals surface area contributed by atoms with Crippen LogP contribution in [-0.4, -0.2) is 81.0 Å². The van der Waals surface area contributed by atoms with Gasteiger partial charge in [0.2, 0.25) is 0 Å². The maximum atomic E-state index is 13.3. The molecule has 37 heavy (non-hydrogen) atoms. The standard InChI is InChI=1S/C25H21F3N6O3/c26-25(27,28)13-37-22-8-21(29-18-4-2-1-3-17(18)22)24(36)34-11-15-9-33(10-16(15)12-34)23(35)14-5-6-19-20(7-14)31-32-30-19/h1-8,15-16H,9-13H2,(H,30,31,32)/t15-,16-/m0/s1. The Balaban J connectivity index is 1.16. The van der Waals surface area contributed by atoms with Gasteiger partial charge in [-0.15, -0.1) is 5.10 Å². The molecule has 2 fully saturated rings. The van der Waals surface area contributed by atoms with Crippen LogP contribution < -0.4 is 4.74 Å². The quantitative estimate of drug-likeness (QED) is 0.452. The molecule has 2 aliphatic rings. The van der Waals surface area contributed by atoms with Crippen molar-refractivity contribution in [2.24, 2.45) is 11.8 Å².